The minimum atomic E-state index is -3.78. The van der Waals surface area contributed by atoms with Crippen LogP contribution in [0.15, 0.2) is 29.2 Å². The number of carbonyl (C=O) groups excluding carboxylic acids is 2. The second-order valence-corrected chi connectivity index (χ2v) is 7.47. The highest BCUT2D eigenvalue weighted by atomic mass is 32.2. The highest BCUT2D eigenvalue weighted by Gasteiger charge is 2.18. The Bertz CT molecular complexity index is 628. The summed E-state index contributed by atoms with van der Waals surface area (Å²) in [6, 6.07) is 5.54. The SMILES string of the molecule is CC(=O)c1ccc(S(=O)(=O)NCC(=O)NC(C)(C)C)cc1. The molecule has 0 aliphatic rings. The number of rotatable bonds is 5. The Balaban J connectivity index is 2.74. The zero-order chi connectivity index (χ0) is 16.3. The predicted octanol–water partition coefficient (Wildman–Crippen LogP) is 1.08. The van der Waals surface area contributed by atoms with Crippen LogP contribution in [-0.2, 0) is 14.8 Å². The van der Waals surface area contributed by atoms with Gasteiger partial charge in [0.05, 0.1) is 11.4 Å². The summed E-state index contributed by atoms with van der Waals surface area (Å²) in [6.45, 7) is 6.48. The lowest BCUT2D eigenvalue weighted by Gasteiger charge is -2.20. The Morgan fingerprint density at radius 2 is 1.62 bits per heavy atom. The van der Waals surface area contributed by atoms with Gasteiger partial charge in [-0.25, -0.2) is 13.1 Å². The molecule has 0 aliphatic heterocycles. The molecule has 0 saturated heterocycles. The van der Waals surface area contributed by atoms with Crippen LogP contribution >= 0.6 is 0 Å². The number of Topliss-reactive ketones (excluding diaryl/α,β-unsaturated/α-hetero) is 1. The predicted molar refractivity (Wildman–Crippen MR) is 79.5 cm³/mol. The molecule has 0 bridgehead atoms. The maximum absolute atomic E-state index is 12.0. The number of carbonyl (C=O) groups is 2. The highest BCUT2D eigenvalue weighted by molar-refractivity contribution is 7.89. The number of nitrogens with one attached hydrogen (secondary N) is 2. The molecule has 1 aromatic carbocycles. The fourth-order valence-electron chi connectivity index (χ4n) is 1.58. The number of hydrogen-bond acceptors (Lipinski definition) is 4. The first-order valence-electron chi connectivity index (χ1n) is 6.43. The van der Waals surface area contributed by atoms with Gasteiger partial charge in [-0.3, -0.25) is 9.59 Å². The summed E-state index contributed by atoms with van der Waals surface area (Å²) in [5, 5.41) is 2.66. The van der Waals surface area contributed by atoms with Gasteiger partial charge in [0.2, 0.25) is 15.9 Å². The third-order valence-electron chi connectivity index (χ3n) is 2.51. The van der Waals surface area contributed by atoms with Crippen LogP contribution in [-0.4, -0.2) is 32.2 Å². The maximum atomic E-state index is 12.0. The molecule has 0 aliphatic carbocycles. The molecule has 0 heterocycles. The van der Waals surface area contributed by atoms with Gasteiger partial charge in [-0.2, -0.15) is 0 Å². The van der Waals surface area contributed by atoms with Crippen molar-refractivity contribution in [1.82, 2.24) is 10.0 Å². The maximum Gasteiger partial charge on any atom is 0.241 e. The van der Waals surface area contributed by atoms with E-state index in [4.69, 9.17) is 0 Å². The number of ketones is 1. The molecule has 2 N–H and O–H groups in total. The fourth-order valence-corrected chi connectivity index (χ4v) is 2.56. The van der Waals surface area contributed by atoms with Crippen LogP contribution < -0.4 is 10.0 Å². The van der Waals surface area contributed by atoms with Crippen LogP contribution in [0.25, 0.3) is 0 Å². The van der Waals surface area contributed by atoms with Crippen molar-refractivity contribution < 1.29 is 18.0 Å². The van der Waals surface area contributed by atoms with Crippen molar-refractivity contribution in [2.75, 3.05) is 6.54 Å². The first-order chi connectivity index (χ1) is 9.51. The van der Waals surface area contributed by atoms with Crippen LogP contribution in [0.5, 0.6) is 0 Å². The lowest BCUT2D eigenvalue weighted by Crippen LogP contribution is -2.45. The van der Waals surface area contributed by atoms with E-state index in [-0.39, 0.29) is 17.2 Å². The van der Waals surface area contributed by atoms with E-state index in [9.17, 15) is 18.0 Å². The van der Waals surface area contributed by atoms with Crippen molar-refractivity contribution in [1.29, 1.82) is 0 Å². The summed E-state index contributed by atoms with van der Waals surface area (Å²) < 4.78 is 26.2. The molecule has 6 nitrogen and oxygen atoms in total. The van der Waals surface area contributed by atoms with E-state index in [1.807, 2.05) is 0 Å². The topological polar surface area (TPSA) is 92.3 Å². The summed E-state index contributed by atoms with van der Waals surface area (Å²) in [4.78, 5) is 22.7. The van der Waals surface area contributed by atoms with Gasteiger partial charge >= 0.3 is 0 Å². The standard InChI is InChI=1S/C14H20N2O4S/c1-10(17)11-5-7-12(8-6-11)21(19,20)15-9-13(18)16-14(2,3)4/h5-8,15H,9H2,1-4H3,(H,16,18). The molecule has 0 spiro atoms. The monoisotopic (exact) mass is 312 g/mol. The second kappa shape index (κ2) is 6.36. The molecule has 1 rings (SSSR count). The molecule has 21 heavy (non-hydrogen) atoms. The largest absolute Gasteiger partial charge is 0.350 e. The van der Waals surface area contributed by atoms with E-state index < -0.39 is 21.5 Å². The summed E-state index contributed by atoms with van der Waals surface area (Å²) in [6.07, 6.45) is 0. The van der Waals surface area contributed by atoms with E-state index in [0.717, 1.165) is 0 Å². The zero-order valence-corrected chi connectivity index (χ0v) is 13.4. The Morgan fingerprint density at radius 1 is 1.10 bits per heavy atom. The number of benzene rings is 1. The summed E-state index contributed by atoms with van der Waals surface area (Å²) in [7, 11) is -3.78. The lowest BCUT2D eigenvalue weighted by atomic mass is 10.1. The molecule has 0 unspecified atom stereocenters. The van der Waals surface area contributed by atoms with Crippen LogP contribution in [0, 0.1) is 0 Å². The Labute approximate surface area is 125 Å². The second-order valence-electron chi connectivity index (χ2n) is 5.70. The van der Waals surface area contributed by atoms with Gasteiger partial charge in [0.15, 0.2) is 5.78 Å². The van der Waals surface area contributed by atoms with Crippen molar-refractivity contribution in [3.63, 3.8) is 0 Å². The van der Waals surface area contributed by atoms with Crippen LogP contribution in [0.1, 0.15) is 38.1 Å². The minimum Gasteiger partial charge on any atom is -0.350 e. The average molecular weight is 312 g/mol. The third-order valence-corrected chi connectivity index (χ3v) is 3.93. The zero-order valence-electron chi connectivity index (χ0n) is 12.6. The molecular formula is C14H20N2O4S. The molecule has 1 amide bonds. The quantitative estimate of drug-likeness (QED) is 0.796. The normalized spacial score (nSPS) is 12.0. The first kappa shape index (κ1) is 17.3. The molecule has 0 radical (unpaired) electrons. The van der Waals surface area contributed by atoms with Gasteiger partial charge in [-0.1, -0.05) is 12.1 Å². The van der Waals surface area contributed by atoms with E-state index in [0.29, 0.717) is 5.56 Å². The first-order valence-corrected chi connectivity index (χ1v) is 7.91. The Kier molecular flexibility index (Phi) is 5.25. The molecule has 0 atom stereocenters. The molecule has 116 valence electrons. The number of hydrogen-bond donors (Lipinski definition) is 2. The van der Waals surface area contributed by atoms with Crippen molar-refractivity contribution in [2.45, 2.75) is 38.1 Å². The highest BCUT2D eigenvalue weighted by Crippen LogP contribution is 2.10. The van der Waals surface area contributed by atoms with Gasteiger partial charge in [0.25, 0.3) is 0 Å². The van der Waals surface area contributed by atoms with Crippen molar-refractivity contribution in [2.24, 2.45) is 0 Å². The molecule has 1 aromatic rings. The number of amides is 1. The minimum absolute atomic E-state index is 0.0102. The summed E-state index contributed by atoms with van der Waals surface area (Å²) >= 11 is 0. The number of sulfonamides is 1. The van der Waals surface area contributed by atoms with Crippen LogP contribution in [0.3, 0.4) is 0 Å². The van der Waals surface area contributed by atoms with Gasteiger partial charge in [-0.05, 0) is 39.8 Å². The van der Waals surface area contributed by atoms with Gasteiger partial charge in [0.1, 0.15) is 0 Å². The smallest absolute Gasteiger partial charge is 0.241 e. The van der Waals surface area contributed by atoms with Crippen LogP contribution in [0.4, 0.5) is 0 Å². The summed E-state index contributed by atoms with van der Waals surface area (Å²) in [5.74, 6) is -0.553. The van der Waals surface area contributed by atoms with E-state index in [2.05, 4.69) is 10.0 Å². The molecule has 0 saturated carbocycles. The Morgan fingerprint density at radius 3 is 2.05 bits per heavy atom. The Hall–Kier alpha value is -1.73. The average Bonchev–Trinajstić information content (AvgIpc) is 2.34. The van der Waals surface area contributed by atoms with Crippen molar-refractivity contribution in [3.8, 4) is 0 Å². The lowest BCUT2D eigenvalue weighted by molar-refractivity contribution is -0.121. The van der Waals surface area contributed by atoms with Gasteiger partial charge < -0.3 is 5.32 Å². The summed E-state index contributed by atoms with van der Waals surface area (Å²) in [5.41, 5.74) is 0.00508. The molecule has 0 fully saturated rings. The van der Waals surface area contributed by atoms with Crippen molar-refractivity contribution in [3.05, 3.63) is 29.8 Å². The van der Waals surface area contributed by atoms with Gasteiger partial charge in [-0.15, -0.1) is 0 Å². The molecule has 0 aromatic heterocycles. The van der Waals surface area contributed by atoms with Gasteiger partial charge in [0, 0.05) is 11.1 Å². The molecule has 7 heteroatoms. The van der Waals surface area contributed by atoms with Crippen LogP contribution in [0.2, 0.25) is 0 Å². The fraction of sp³-hybridized carbons (Fsp3) is 0.429. The molecular weight excluding hydrogens is 292 g/mol. The van der Waals surface area contributed by atoms with E-state index >= 15 is 0 Å². The van der Waals surface area contributed by atoms with E-state index in [1.165, 1.54) is 31.2 Å². The third kappa shape index (κ3) is 5.65. The van der Waals surface area contributed by atoms with E-state index in [1.54, 1.807) is 20.8 Å². The van der Waals surface area contributed by atoms with Crippen molar-refractivity contribution >= 4 is 21.7 Å².